The van der Waals surface area contributed by atoms with Crippen molar-refractivity contribution in [3.63, 3.8) is 0 Å². The highest BCUT2D eigenvalue weighted by atomic mass is 35.5. The number of aromatic amines is 1. The predicted molar refractivity (Wildman–Crippen MR) is 83.8 cm³/mol. The Hall–Kier alpha value is -1.81. The van der Waals surface area contributed by atoms with Crippen molar-refractivity contribution < 1.29 is 5.21 Å². The summed E-state index contributed by atoms with van der Waals surface area (Å²) in [6, 6.07) is 15.8. The fourth-order valence-corrected chi connectivity index (χ4v) is 3.34. The van der Waals surface area contributed by atoms with E-state index in [9.17, 15) is 5.21 Å². The molecular weight excluding hydrogens is 284 g/mol. The second-order valence-electron chi connectivity index (χ2n) is 5.43. The molecule has 0 bridgehead atoms. The maximum atomic E-state index is 10.3. The molecule has 0 radical (unpaired) electrons. The Morgan fingerprint density at radius 1 is 1.10 bits per heavy atom. The fraction of sp³-hybridized carbons (Fsp3) is 0.176. The number of hydrogen-bond donors (Lipinski definition) is 2. The van der Waals surface area contributed by atoms with Crippen molar-refractivity contribution in [2.75, 3.05) is 6.54 Å². The van der Waals surface area contributed by atoms with Crippen LogP contribution in [0.5, 0.6) is 0 Å². The third kappa shape index (κ3) is 2.05. The Morgan fingerprint density at radius 3 is 2.67 bits per heavy atom. The summed E-state index contributed by atoms with van der Waals surface area (Å²) in [4.78, 5) is 3.47. The zero-order valence-electron chi connectivity index (χ0n) is 11.4. The van der Waals surface area contributed by atoms with E-state index in [0.717, 1.165) is 23.2 Å². The van der Waals surface area contributed by atoms with Gasteiger partial charge in [0.15, 0.2) is 0 Å². The Balaban J connectivity index is 1.90. The minimum Gasteiger partial charge on any atom is -0.356 e. The Labute approximate surface area is 127 Å². The standard InChI is InChI=1S/C17H15ClN2O/c18-12-7-5-11(6-8-12)17-16-14(9-10-20(17)21)13-3-1-2-4-15(13)19-16/h1-8,17,19,21H,9-10H2/t17-/m1/s1. The lowest BCUT2D eigenvalue weighted by Crippen LogP contribution is -2.33. The molecule has 3 aromatic rings. The van der Waals surface area contributed by atoms with Crippen LogP contribution in [0.15, 0.2) is 48.5 Å². The molecule has 106 valence electrons. The van der Waals surface area contributed by atoms with E-state index in [1.807, 2.05) is 30.3 Å². The van der Waals surface area contributed by atoms with Gasteiger partial charge in [-0.15, -0.1) is 0 Å². The molecule has 0 aliphatic carbocycles. The maximum absolute atomic E-state index is 10.3. The quantitative estimate of drug-likeness (QED) is 0.708. The average Bonchev–Trinajstić information content (AvgIpc) is 2.87. The fourth-order valence-electron chi connectivity index (χ4n) is 3.21. The van der Waals surface area contributed by atoms with Crippen LogP contribution in [-0.2, 0) is 6.42 Å². The van der Waals surface area contributed by atoms with Crippen LogP contribution in [0, 0.1) is 0 Å². The van der Waals surface area contributed by atoms with Crippen molar-refractivity contribution in [2.45, 2.75) is 12.5 Å². The normalized spacial score (nSPS) is 18.9. The number of para-hydroxylation sites is 1. The summed E-state index contributed by atoms with van der Waals surface area (Å²) >= 11 is 5.97. The van der Waals surface area contributed by atoms with Gasteiger partial charge in [0.25, 0.3) is 0 Å². The Kier molecular flexibility index (Phi) is 3.00. The highest BCUT2D eigenvalue weighted by Gasteiger charge is 2.30. The first-order valence-electron chi connectivity index (χ1n) is 7.04. The molecule has 0 saturated carbocycles. The van der Waals surface area contributed by atoms with E-state index in [2.05, 4.69) is 23.2 Å². The molecule has 1 aromatic heterocycles. The maximum Gasteiger partial charge on any atom is 0.100 e. The number of hydroxylamine groups is 2. The second-order valence-corrected chi connectivity index (χ2v) is 5.87. The third-order valence-electron chi connectivity index (χ3n) is 4.19. The van der Waals surface area contributed by atoms with E-state index < -0.39 is 0 Å². The highest BCUT2D eigenvalue weighted by Crippen LogP contribution is 2.37. The van der Waals surface area contributed by atoms with Gasteiger partial charge in [0.1, 0.15) is 6.04 Å². The zero-order valence-corrected chi connectivity index (χ0v) is 12.1. The molecule has 2 heterocycles. The van der Waals surface area contributed by atoms with Crippen LogP contribution in [0.3, 0.4) is 0 Å². The smallest absolute Gasteiger partial charge is 0.100 e. The first kappa shape index (κ1) is 12.9. The van der Waals surface area contributed by atoms with Gasteiger partial charge < -0.3 is 10.2 Å². The number of fused-ring (bicyclic) bond motifs is 3. The van der Waals surface area contributed by atoms with Gasteiger partial charge in [0.05, 0.1) is 0 Å². The van der Waals surface area contributed by atoms with Crippen LogP contribution >= 0.6 is 11.6 Å². The summed E-state index contributed by atoms with van der Waals surface area (Å²) in [6.45, 7) is 0.627. The van der Waals surface area contributed by atoms with Crippen molar-refractivity contribution in [3.8, 4) is 0 Å². The summed E-state index contributed by atoms with van der Waals surface area (Å²) in [5.41, 5.74) is 4.54. The SMILES string of the molecule is ON1CCc2c([nH]c3ccccc23)[C@H]1c1ccc(Cl)cc1. The largest absolute Gasteiger partial charge is 0.356 e. The van der Waals surface area contributed by atoms with E-state index >= 15 is 0 Å². The van der Waals surface area contributed by atoms with Crippen LogP contribution in [0.25, 0.3) is 10.9 Å². The molecule has 1 atom stereocenters. The summed E-state index contributed by atoms with van der Waals surface area (Å²) in [5.74, 6) is 0. The molecule has 2 aromatic carbocycles. The van der Waals surface area contributed by atoms with Gasteiger partial charge in [-0.3, -0.25) is 0 Å². The van der Waals surface area contributed by atoms with Crippen molar-refractivity contribution in [1.29, 1.82) is 0 Å². The van der Waals surface area contributed by atoms with Gasteiger partial charge >= 0.3 is 0 Å². The summed E-state index contributed by atoms with van der Waals surface area (Å²) < 4.78 is 0. The Morgan fingerprint density at radius 2 is 1.86 bits per heavy atom. The summed E-state index contributed by atoms with van der Waals surface area (Å²) in [7, 11) is 0. The second kappa shape index (κ2) is 4.88. The lowest BCUT2D eigenvalue weighted by atomic mass is 9.94. The van der Waals surface area contributed by atoms with E-state index in [1.165, 1.54) is 16.0 Å². The molecule has 0 spiro atoms. The van der Waals surface area contributed by atoms with Gasteiger partial charge in [0, 0.05) is 28.2 Å². The topological polar surface area (TPSA) is 39.3 Å². The lowest BCUT2D eigenvalue weighted by Gasteiger charge is -2.31. The number of nitrogens with one attached hydrogen (secondary N) is 1. The molecule has 1 aliphatic rings. The van der Waals surface area contributed by atoms with Gasteiger partial charge in [-0.2, -0.15) is 5.06 Å². The molecular formula is C17H15ClN2O. The summed E-state index contributed by atoms with van der Waals surface area (Å²) in [6.07, 6.45) is 0.847. The van der Waals surface area contributed by atoms with Crippen molar-refractivity contribution in [3.05, 3.63) is 70.4 Å². The van der Waals surface area contributed by atoms with Crippen LogP contribution in [-0.4, -0.2) is 21.8 Å². The van der Waals surface area contributed by atoms with Crippen molar-refractivity contribution in [1.82, 2.24) is 10.0 Å². The van der Waals surface area contributed by atoms with Gasteiger partial charge in [-0.05, 0) is 35.7 Å². The van der Waals surface area contributed by atoms with Crippen LogP contribution in [0.2, 0.25) is 5.02 Å². The molecule has 4 rings (SSSR count). The van der Waals surface area contributed by atoms with Crippen molar-refractivity contribution >= 4 is 22.5 Å². The molecule has 0 unspecified atom stereocenters. The number of H-pyrrole nitrogens is 1. The first-order chi connectivity index (χ1) is 10.2. The monoisotopic (exact) mass is 298 g/mol. The minimum atomic E-state index is -0.168. The van der Waals surface area contributed by atoms with E-state index in [0.29, 0.717) is 11.6 Å². The van der Waals surface area contributed by atoms with Crippen LogP contribution < -0.4 is 0 Å². The minimum absolute atomic E-state index is 0.168. The van der Waals surface area contributed by atoms with Gasteiger partial charge in [0.2, 0.25) is 0 Å². The van der Waals surface area contributed by atoms with E-state index in [-0.39, 0.29) is 6.04 Å². The number of rotatable bonds is 1. The molecule has 0 fully saturated rings. The van der Waals surface area contributed by atoms with Crippen molar-refractivity contribution in [2.24, 2.45) is 0 Å². The van der Waals surface area contributed by atoms with Gasteiger partial charge in [-0.1, -0.05) is 41.9 Å². The molecule has 0 saturated heterocycles. The predicted octanol–water partition coefficient (Wildman–Crippen LogP) is 4.16. The van der Waals surface area contributed by atoms with Crippen LogP contribution in [0.1, 0.15) is 22.9 Å². The Bertz CT molecular complexity index is 794. The average molecular weight is 299 g/mol. The molecule has 1 aliphatic heterocycles. The number of nitrogens with zero attached hydrogens (tertiary/aromatic N) is 1. The highest BCUT2D eigenvalue weighted by molar-refractivity contribution is 6.30. The van der Waals surface area contributed by atoms with Crippen LogP contribution in [0.4, 0.5) is 0 Å². The number of halogens is 1. The van der Waals surface area contributed by atoms with Gasteiger partial charge in [-0.25, -0.2) is 0 Å². The molecule has 2 N–H and O–H groups in total. The van der Waals surface area contributed by atoms with E-state index in [1.54, 1.807) is 0 Å². The third-order valence-corrected chi connectivity index (χ3v) is 4.45. The molecule has 3 nitrogen and oxygen atoms in total. The molecule has 21 heavy (non-hydrogen) atoms. The number of aromatic nitrogens is 1. The molecule has 0 amide bonds. The first-order valence-corrected chi connectivity index (χ1v) is 7.42. The molecule has 4 heteroatoms. The lowest BCUT2D eigenvalue weighted by molar-refractivity contribution is -0.122. The number of benzene rings is 2. The van der Waals surface area contributed by atoms with E-state index in [4.69, 9.17) is 11.6 Å². The zero-order chi connectivity index (χ0) is 14.4. The summed E-state index contributed by atoms with van der Waals surface area (Å²) in [5, 5.41) is 13.7. The number of hydrogen-bond acceptors (Lipinski definition) is 2.